The van der Waals surface area contributed by atoms with Crippen LogP contribution >= 0.6 is 0 Å². The van der Waals surface area contributed by atoms with Crippen molar-refractivity contribution in [3.05, 3.63) is 132 Å². The maximum Gasteiger partial charge on any atom is 0.322 e. The third kappa shape index (κ3) is 14.5. The van der Waals surface area contributed by atoms with Crippen LogP contribution in [-0.4, -0.2) is 115 Å². The zero-order valence-electron chi connectivity index (χ0n) is 41.7. The van der Waals surface area contributed by atoms with Crippen LogP contribution in [-0.2, 0) is 30.4 Å². The number of ether oxygens (including phenoxy) is 4. The van der Waals surface area contributed by atoms with Crippen LogP contribution in [0, 0.1) is 11.3 Å². The number of imide groups is 2. The van der Waals surface area contributed by atoms with Crippen molar-refractivity contribution in [1.82, 2.24) is 30.8 Å². The summed E-state index contributed by atoms with van der Waals surface area (Å²) in [5.41, 5.74) is 4.30. The molecule has 1 saturated heterocycles. The van der Waals surface area contributed by atoms with E-state index in [9.17, 15) is 28.8 Å². The number of nitriles is 1. The van der Waals surface area contributed by atoms with Gasteiger partial charge in [-0.05, 0) is 111 Å². The summed E-state index contributed by atoms with van der Waals surface area (Å²) in [5.74, 6) is -1.61. The smallest absolute Gasteiger partial charge is 0.322 e. The summed E-state index contributed by atoms with van der Waals surface area (Å²) < 4.78 is 23.0. The molecule has 4 N–H and O–H groups in total. The van der Waals surface area contributed by atoms with Crippen LogP contribution in [0.1, 0.15) is 96.1 Å². The van der Waals surface area contributed by atoms with Crippen molar-refractivity contribution in [3.63, 3.8) is 0 Å². The number of pyridine rings is 2. The molecule has 5 aromatic rings. The van der Waals surface area contributed by atoms with Crippen LogP contribution in [0.5, 0.6) is 11.6 Å². The molecule has 19 heteroatoms. The monoisotopic (exact) mass is 1020 g/mol. The van der Waals surface area contributed by atoms with E-state index in [1.807, 2.05) is 77.7 Å². The van der Waals surface area contributed by atoms with Gasteiger partial charge in [-0.25, -0.2) is 14.8 Å². The predicted molar refractivity (Wildman–Crippen MR) is 277 cm³/mol. The van der Waals surface area contributed by atoms with Crippen LogP contribution in [0.2, 0.25) is 0 Å². The van der Waals surface area contributed by atoms with Crippen molar-refractivity contribution in [2.75, 3.05) is 56.4 Å². The fourth-order valence-corrected chi connectivity index (χ4v) is 9.21. The summed E-state index contributed by atoms with van der Waals surface area (Å²) in [5, 5.41) is 20.7. The average Bonchev–Trinajstić information content (AvgIpc) is 3.69. The zero-order chi connectivity index (χ0) is 52.4. The van der Waals surface area contributed by atoms with E-state index in [4.69, 9.17) is 24.2 Å². The number of hydrogen-bond donors (Lipinski definition) is 4. The number of anilines is 2. The molecule has 75 heavy (non-hydrogen) atoms. The normalized spacial score (nSPS) is 17.1. The topological polar surface area (TPSA) is 244 Å². The summed E-state index contributed by atoms with van der Waals surface area (Å²) in [6, 6.07) is 30.8. The summed E-state index contributed by atoms with van der Waals surface area (Å²) in [6.07, 6.45) is 9.84. The third-order valence-electron chi connectivity index (χ3n) is 13.2. The van der Waals surface area contributed by atoms with Crippen molar-refractivity contribution in [2.24, 2.45) is 0 Å². The first kappa shape index (κ1) is 53.1. The highest BCUT2D eigenvalue weighted by Crippen LogP contribution is 2.34. The Bertz CT molecular complexity index is 2800. The van der Waals surface area contributed by atoms with E-state index in [1.165, 1.54) is 18.2 Å². The van der Waals surface area contributed by atoms with E-state index in [2.05, 4.69) is 37.3 Å². The first-order valence-corrected chi connectivity index (χ1v) is 25.5. The van der Waals surface area contributed by atoms with Gasteiger partial charge in [0, 0.05) is 81.1 Å². The van der Waals surface area contributed by atoms with Crippen molar-refractivity contribution in [2.45, 2.75) is 88.9 Å². The van der Waals surface area contributed by atoms with Crippen molar-refractivity contribution in [1.29, 1.82) is 5.26 Å². The Balaban J connectivity index is 0.674. The molecule has 1 unspecified atom stereocenters. The molecule has 390 valence electrons. The molecule has 3 aromatic carbocycles. The maximum atomic E-state index is 13.9. The van der Waals surface area contributed by atoms with Crippen LogP contribution in [0.25, 0.3) is 11.1 Å². The highest BCUT2D eigenvalue weighted by Gasteiger charge is 2.46. The van der Waals surface area contributed by atoms with Crippen LogP contribution < -0.4 is 35.6 Å². The highest BCUT2D eigenvalue weighted by molar-refractivity contribution is 6.24. The van der Waals surface area contributed by atoms with Gasteiger partial charge >= 0.3 is 6.03 Å². The fourth-order valence-electron chi connectivity index (χ4n) is 9.21. The number of nitrogens with one attached hydrogen (secondary N) is 4. The second-order valence-electron chi connectivity index (χ2n) is 18.4. The third-order valence-corrected chi connectivity index (χ3v) is 13.2. The van der Waals surface area contributed by atoms with Gasteiger partial charge in [0.2, 0.25) is 17.7 Å². The quantitative estimate of drug-likeness (QED) is 0.0350. The number of hydrogen-bond acceptors (Lipinski definition) is 14. The number of fused-ring (bicyclic) bond motifs is 1. The fraction of sp³-hybridized carbons (Fsp3) is 0.375. The SMILES string of the molecule is N#Cc1ccc(N[C@H]2CC[C@H](N(C(=O)NCc3ccccc3)c3ccc(-c4ccc(OCCOCCCCOCCCCNC(=O)COc5cccc6c5C(=O)N(C5CCC(=O)NC5=O)C6=O)nc4)cc3)CC2)nc1. The molecule has 1 atom stereocenters. The molecule has 8 rings (SSSR count). The van der Waals surface area contributed by atoms with E-state index in [-0.39, 0.29) is 54.4 Å². The summed E-state index contributed by atoms with van der Waals surface area (Å²) >= 11 is 0. The first-order chi connectivity index (χ1) is 36.6. The van der Waals surface area contributed by atoms with Gasteiger partial charge in [-0.3, -0.25) is 39.1 Å². The van der Waals surface area contributed by atoms with E-state index in [0.29, 0.717) is 64.0 Å². The number of carbonyl (C=O) groups excluding carboxylic acids is 6. The van der Waals surface area contributed by atoms with Crippen LogP contribution in [0.3, 0.4) is 0 Å². The number of amides is 7. The molecule has 19 nitrogen and oxygen atoms in total. The highest BCUT2D eigenvalue weighted by atomic mass is 16.5. The number of aromatic nitrogens is 2. The number of benzene rings is 3. The molecule has 0 bridgehead atoms. The lowest BCUT2D eigenvalue weighted by Gasteiger charge is -2.37. The second-order valence-corrected chi connectivity index (χ2v) is 18.4. The lowest BCUT2D eigenvalue weighted by atomic mass is 9.89. The molecule has 0 spiro atoms. The molecule has 0 radical (unpaired) electrons. The average molecular weight is 1020 g/mol. The van der Waals surface area contributed by atoms with Crippen LogP contribution in [0.15, 0.2) is 109 Å². The Morgan fingerprint density at radius 2 is 1.47 bits per heavy atom. The Morgan fingerprint density at radius 1 is 0.720 bits per heavy atom. The largest absolute Gasteiger partial charge is 0.483 e. The molecule has 2 aliphatic heterocycles. The lowest BCUT2D eigenvalue weighted by molar-refractivity contribution is -0.136. The minimum Gasteiger partial charge on any atom is -0.483 e. The Labute approximate surface area is 435 Å². The number of nitrogens with zero attached hydrogens (tertiary/aromatic N) is 5. The van der Waals surface area contributed by atoms with Gasteiger partial charge in [-0.15, -0.1) is 0 Å². The number of urea groups is 1. The predicted octanol–water partition coefficient (Wildman–Crippen LogP) is 6.72. The van der Waals surface area contributed by atoms with Gasteiger partial charge in [-0.2, -0.15) is 5.26 Å². The molecule has 4 heterocycles. The standard InChI is InChI=1S/C56H61N9O10/c57-33-39-13-24-48(59-35-39)62-42-17-21-44(22-18-42)64(56(71)61-34-38-9-2-1-3-10-38)43-19-14-40(15-20-43)41-16-26-51(60-36-41)74-32-31-73-30-7-6-29-72-28-5-4-27-58-50(67)37-75-47-12-8-11-45-52(47)55(70)65(54(45)69)46-23-25-49(66)63-53(46)68/h1-3,8-16,19-20,24,26,35-36,42,44,46H,4-7,17-18,21-23,25,27-32,34,37H2,(H,58,67)(H,59,62)(H,61,71)(H,63,66,68)/t42-,44-,46?. The van der Waals surface area contributed by atoms with Gasteiger partial charge in [0.25, 0.3) is 17.7 Å². The van der Waals surface area contributed by atoms with E-state index in [0.717, 1.165) is 78.0 Å². The van der Waals surface area contributed by atoms with Gasteiger partial charge < -0.3 is 34.9 Å². The molecule has 2 fully saturated rings. The molecule has 2 aromatic heterocycles. The van der Waals surface area contributed by atoms with E-state index >= 15 is 0 Å². The summed E-state index contributed by atoms with van der Waals surface area (Å²) in [4.78, 5) is 88.2. The Morgan fingerprint density at radius 3 is 2.17 bits per heavy atom. The molecule has 1 saturated carbocycles. The first-order valence-electron chi connectivity index (χ1n) is 25.5. The van der Waals surface area contributed by atoms with Gasteiger partial charge in [0.1, 0.15) is 30.3 Å². The van der Waals surface area contributed by atoms with Crippen molar-refractivity contribution >= 4 is 47.1 Å². The van der Waals surface area contributed by atoms with Crippen LogP contribution in [0.4, 0.5) is 16.3 Å². The van der Waals surface area contributed by atoms with E-state index < -0.39 is 35.6 Å². The van der Waals surface area contributed by atoms with Crippen molar-refractivity contribution < 1.29 is 47.7 Å². The number of rotatable bonds is 25. The number of unbranched alkanes of at least 4 members (excludes halogenated alkanes) is 2. The summed E-state index contributed by atoms with van der Waals surface area (Å²) in [7, 11) is 0. The summed E-state index contributed by atoms with van der Waals surface area (Å²) in [6.45, 7) is 2.93. The molecule has 3 aliphatic rings. The molecular formula is C56H61N9O10. The minimum absolute atomic E-state index is 0.00589. The van der Waals surface area contributed by atoms with Crippen molar-refractivity contribution in [3.8, 4) is 28.8 Å². The molecule has 1 aliphatic carbocycles. The zero-order valence-corrected chi connectivity index (χ0v) is 41.7. The number of carbonyl (C=O) groups is 6. The van der Waals surface area contributed by atoms with Gasteiger partial charge in [0.15, 0.2) is 6.61 Å². The van der Waals surface area contributed by atoms with Gasteiger partial charge in [-0.1, -0.05) is 48.5 Å². The molecule has 7 amide bonds. The lowest BCUT2D eigenvalue weighted by Crippen LogP contribution is -2.54. The Hall–Kier alpha value is -8.21. The Kier molecular flexibility index (Phi) is 18.9. The van der Waals surface area contributed by atoms with E-state index in [1.54, 1.807) is 18.5 Å². The number of piperidine rings is 1. The minimum atomic E-state index is -1.10. The molecular weight excluding hydrogens is 959 g/mol. The van der Waals surface area contributed by atoms with Gasteiger partial charge in [0.05, 0.1) is 23.3 Å². The second kappa shape index (κ2) is 26.7. The maximum absolute atomic E-state index is 13.9.